The van der Waals surface area contributed by atoms with Gasteiger partial charge in [0.2, 0.25) is 0 Å². The molecule has 0 atom stereocenters. The Morgan fingerprint density at radius 1 is 1.50 bits per heavy atom. The van der Waals surface area contributed by atoms with Gasteiger partial charge in [0.05, 0.1) is 0 Å². The minimum absolute atomic E-state index is 0.190. The SMILES string of the molecule is CCCCc1ncc(CCO)[nH]1. The van der Waals surface area contributed by atoms with Gasteiger partial charge in [-0.1, -0.05) is 13.3 Å². The van der Waals surface area contributed by atoms with E-state index in [9.17, 15) is 0 Å². The van der Waals surface area contributed by atoms with Crippen molar-refractivity contribution in [2.75, 3.05) is 6.61 Å². The monoisotopic (exact) mass is 168 g/mol. The van der Waals surface area contributed by atoms with Crippen LogP contribution in [0.25, 0.3) is 0 Å². The van der Waals surface area contributed by atoms with Crippen LogP contribution in [0.2, 0.25) is 0 Å². The third kappa shape index (κ3) is 2.66. The Hall–Kier alpha value is -0.830. The number of hydrogen-bond acceptors (Lipinski definition) is 2. The first-order chi connectivity index (χ1) is 5.86. The Morgan fingerprint density at radius 3 is 3.00 bits per heavy atom. The van der Waals surface area contributed by atoms with Crippen molar-refractivity contribution in [3.63, 3.8) is 0 Å². The maximum absolute atomic E-state index is 8.66. The van der Waals surface area contributed by atoms with Crippen molar-refractivity contribution in [3.8, 4) is 0 Å². The average molecular weight is 168 g/mol. The second kappa shape index (κ2) is 4.93. The number of nitrogens with one attached hydrogen (secondary N) is 1. The number of hydrogen-bond donors (Lipinski definition) is 2. The Labute approximate surface area is 72.8 Å². The van der Waals surface area contributed by atoms with Gasteiger partial charge in [0.1, 0.15) is 5.82 Å². The quantitative estimate of drug-likeness (QED) is 0.696. The molecule has 0 saturated carbocycles. The summed E-state index contributed by atoms with van der Waals surface area (Å²) in [7, 11) is 0. The van der Waals surface area contributed by atoms with Crippen LogP contribution >= 0.6 is 0 Å². The largest absolute Gasteiger partial charge is 0.396 e. The van der Waals surface area contributed by atoms with Crippen LogP contribution in [0.3, 0.4) is 0 Å². The fraction of sp³-hybridized carbons (Fsp3) is 0.667. The highest BCUT2D eigenvalue weighted by atomic mass is 16.3. The van der Waals surface area contributed by atoms with Gasteiger partial charge in [0, 0.05) is 31.3 Å². The maximum atomic E-state index is 8.66. The van der Waals surface area contributed by atoms with Crippen LogP contribution in [0.1, 0.15) is 31.3 Å². The van der Waals surface area contributed by atoms with E-state index < -0.39 is 0 Å². The molecule has 0 aliphatic heterocycles. The number of aliphatic hydroxyl groups excluding tert-OH is 1. The van der Waals surface area contributed by atoms with Gasteiger partial charge in [-0.3, -0.25) is 0 Å². The minimum Gasteiger partial charge on any atom is -0.396 e. The van der Waals surface area contributed by atoms with Crippen LogP contribution in [-0.4, -0.2) is 21.7 Å². The zero-order chi connectivity index (χ0) is 8.81. The molecule has 0 spiro atoms. The summed E-state index contributed by atoms with van der Waals surface area (Å²) in [6.07, 6.45) is 5.87. The summed E-state index contributed by atoms with van der Waals surface area (Å²) in [6, 6.07) is 0. The predicted octanol–water partition coefficient (Wildman–Crippen LogP) is 1.29. The molecule has 1 rings (SSSR count). The van der Waals surface area contributed by atoms with Gasteiger partial charge in [-0.2, -0.15) is 0 Å². The van der Waals surface area contributed by atoms with E-state index in [1.165, 1.54) is 12.8 Å². The molecule has 3 nitrogen and oxygen atoms in total. The number of unbranched alkanes of at least 4 members (excludes halogenated alkanes) is 1. The smallest absolute Gasteiger partial charge is 0.106 e. The summed E-state index contributed by atoms with van der Waals surface area (Å²) in [5.74, 6) is 1.04. The molecule has 0 aliphatic rings. The summed E-state index contributed by atoms with van der Waals surface area (Å²) < 4.78 is 0. The van der Waals surface area contributed by atoms with E-state index >= 15 is 0 Å². The molecule has 1 aromatic rings. The molecule has 0 saturated heterocycles. The first kappa shape index (κ1) is 9.26. The van der Waals surface area contributed by atoms with Gasteiger partial charge in [0.25, 0.3) is 0 Å². The van der Waals surface area contributed by atoms with E-state index in [4.69, 9.17) is 5.11 Å². The van der Waals surface area contributed by atoms with E-state index in [-0.39, 0.29) is 6.61 Å². The van der Waals surface area contributed by atoms with Crippen molar-refractivity contribution in [3.05, 3.63) is 17.7 Å². The number of aromatic amines is 1. The molecule has 0 bridgehead atoms. The normalized spacial score (nSPS) is 10.5. The van der Waals surface area contributed by atoms with Crippen LogP contribution in [0.5, 0.6) is 0 Å². The van der Waals surface area contributed by atoms with E-state index in [1.54, 1.807) is 6.20 Å². The summed E-state index contributed by atoms with van der Waals surface area (Å²) >= 11 is 0. The molecule has 1 heterocycles. The second-order valence-electron chi connectivity index (χ2n) is 2.93. The average Bonchev–Trinajstić information content (AvgIpc) is 2.50. The van der Waals surface area contributed by atoms with Gasteiger partial charge in [-0.05, 0) is 6.42 Å². The Bertz CT molecular complexity index is 220. The topological polar surface area (TPSA) is 48.9 Å². The van der Waals surface area contributed by atoms with Crippen LogP contribution in [0.15, 0.2) is 6.20 Å². The minimum atomic E-state index is 0.190. The number of nitrogens with zero attached hydrogens (tertiary/aromatic N) is 1. The second-order valence-corrected chi connectivity index (χ2v) is 2.93. The predicted molar refractivity (Wildman–Crippen MR) is 48.0 cm³/mol. The van der Waals surface area contributed by atoms with Crippen molar-refractivity contribution in [2.24, 2.45) is 0 Å². The first-order valence-corrected chi connectivity index (χ1v) is 4.50. The van der Waals surface area contributed by atoms with Crippen molar-refractivity contribution >= 4 is 0 Å². The lowest BCUT2D eigenvalue weighted by atomic mass is 10.2. The van der Waals surface area contributed by atoms with Gasteiger partial charge in [-0.15, -0.1) is 0 Å². The molecule has 0 aromatic carbocycles. The van der Waals surface area contributed by atoms with E-state index in [1.807, 2.05) is 0 Å². The molecule has 3 heteroatoms. The highest BCUT2D eigenvalue weighted by Crippen LogP contribution is 2.02. The molecule has 0 unspecified atom stereocenters. The summed E-state index contributed by atoms with van der Waals surface area (Å²) in [5.41, 5.74) is 1.03. The Balaban J connectivity index is 2.41. The fourth-order valence-corrected chi connectivity index (χ4v) is 1.12. The van der Waals surface area contributed by atoms with E-state index in [0.717, 1.165) is 17.9 Å². The highest BCUT2D eigenvalue weighted by Gasteiger charge is 1.98. The van der Waals surface area contributed by atoms with Gasteiger partial charge in [0.15, 0.2) is 0 Å². The summed E-state index contributed by atoms with van der Waals surface area (Å²) in [5, 5.41) is 8.66. The zero-order valence-corrected chi connectivity index (χ0v) is 7.51. The number of aryl methyl sites for hydroxylation is 1. The third-order valence-electron chi connectivity index (χ3n) is 1.83. The van der Waals surface area contributed by atoms with Crippen molar-refractivity contribution in [1.82, 2.24) is 9.97 Å². The van der Waals surface area contributed by atoms with E-state index in [0.29, 0.717) is 6.42 Å². The number of aromatic nitrogens is 2. The maximum Gasteiger partial charge on any atom is 0.106 e. The molecule has 0 radical (unpaired) electrons. The number of imidazole rings is 1. The summed E-state index contributed by atoms with van der Waals surface area (Å²) in [6.45, 7) is 2.35. The molecule has 0 fully saturated rings. The van der Waals surface area contributed by atoms with Crippen LogP contribution in [-0.2, 0) is 12.8 Å². The van der Waals surface area contributed by atoms with Gasteiger partial charge in [-0.25, -0.2) is 4.98 Å². The van der Waals surface area contributed by atoms with Gasteiger partial charge < -0.3 is 10.1 Å². The number of H-pyrrole nitrogens is 1. The molecule has 0 amide bonds. The third-order valence-corrected chi connectivity index (χ3v) is 1.83. The number of aliphatic hydroxyl groups is 1. The molecule has 0 aliphatic carbocycles. The van der Waals surface area contributed by atoms with Crippen LogP contribution in [0.4, 0.5) is 0 Å². The first-order valence-electron chi connectivity index (χ1n) is 4.50. The lowest BCUT2D eigenvalue weighted by Crippen LogP contribution is -1.91. The van der Waals surface area contributed by atoms with Crippen molar-refractivity contribution < 1.29 is 5.11 Å². The molecule has 12 heavy (non-hydrogen) atoms. The van der Waals surface area contributed by atoms with Crippen LogP contribution in [0, 0.1) is 0 Å². The molecule has 68 valence electrons. The zero-order valence-electron chi connectivity index (χ0n) is 7.51. The van der Waals surface area contributed by atoms with Gasteiger partial charge >= 0.3 is 0 Å². The molecule has 1 aromatic heterocycles. The van der Waals surface area contributed by atoms with Crippen molar-refractivity contribution in [2.45, 2.75) is 32.6 Å². The molecule has 2 N–H and O–H groups in total. The lowest BCUT2D eigenvalue weighted by Gasteiger charge is -1.93. The highest BCUT2D eigenvalue weighted by molar-refractivity contribution is 5.01. The molecular formula is C9H16N2O. The lowest BCUT2D eigenvalue weighted by molar-refractivity contribution is 0.298. The fourth-order valence-electron chi connectivity index (χ4n) is 1.12. The Kier molecular flexibility index (Phi) is 3.80. The van der Waals surface area contributed by atoms with Crippen molar-refractivity contribution in [1.29, 1.82) is 0 Å². The summed E-state index contributed by atoms with van der Waals surface area (Å²) in [4.78, 5) is 7.38. The Morgan fingerprint density at radius 2 is 2.33 bits per heavy atom. The molecular weight excluding hydrogens is 152 g/mol. The van der Waals surface area contributed by atoms with Crippen LogP contribution < -0.4 is 0 Å². The number of rotatable bonds is 5. The van der Waals surface area contributed by atoms with E-state index in [2.05, 4.69) is 16.9 Å². The standard InChI is InChI=1S/C9H16N2O/c1-2-3-4-9-10-7-8(11-9)5-6-12/h7,12H,2-6H2,1H3,(H,10,11).